The lowest BCUT2D eigenvalue weighted by Crippen LogP contribution is -1.79. The molecule has 5 aromatic carbocycles. The number of aryl methyl sites for hydroxylation is 1. The van der Waals surface area contributed by atoms with E-state index in [1.807, 2.05) is 17.4 Å². The summed E-state index contributed by atoms with van der Waals surface area (Å²) in [5.41, 5.74) is 7.26. The maximum absolute atomic E-state index is 6.29. The molecule has 0 unspecified atom stereocenters. The van der Waals surface area contributed by atoms with Crippen molar-refractivity contribution >= 4 is 66.0 Å². The summed E-state index contributed by atoms with van der Waals surface area (Å²) in [4.78, 5) is 2.59. The smallest absolute Gasteiger partial charge is 0.136 e. The average molecular weight is 481 g/mol. The normalized spacial score (nSPS) is 12.0. The summed E-state index contributed by atoms with van der Waals surface area (Å²) in [6.45, 7) is 2.15. The highest BCUT2D eigenvalue weighted by molar-refractivity contribution is 7.15. The number of thiophene rings is 1. The first-order chi connectivity index (χ1) is 17.7. The second-order valence-corrected chi connectivity index (χ2v) is 10.7. The van der Waals surface area contributed by atoms with Crippen molar-refractivity contribution in [1.29, 1.82) is 0 Å². The van der Waals surface area contributed by atoms with Gasteiger partial charge in [0.15, 0.2) is 0 Å². The Morgan fingerprint density at radius 1 is 0.472 bits per heavy atom. The molecule has 0 aliphatic rings. The molecular weight excluding hydrogens is 460 g/mol. The van der Waals surface area contributed by atoms with E-state index in [1.54, 1.807) is 0 Å². The highest BCUT2D eigenvalue weighted by Crippen LogP contribution is 2.42. The summed E-state index contributed by atoms with van der Waals surface area (Å²) in [5.74, 6) is 0. The number of hydrogen-bond acceptors (Lipinski definition) is 3. The van der Waals surface area contributed by atoms with Gasteiger partial charge in [0.05, 0.1) is 0 Å². The molecule has 0 fully saturated rings. The van der Waals surface area contributed by atoms with Gasteiger partial charge in [0.2, 0.25) is 0 Å². The molecule has 36 heavy (non-hydrogen) atoms. The number of benzene rings is 5. The summed E-state index contributed by atoms with van der Waals surface area (Å²) in [6.07, 6.45) is 0. The summed E-state index contributed by atoms with van der Waals surface area (Å²) in [6, 6.07) is 36.5. The van der Waals surface area contributed by atoms with E-state index in [1.165, 1.54) is 37.2 Å². The van der Waals surface area contributed by atoms with Gasteiger partial charge in [0.25, 0.3) is 0 Å². The Balaban J connectivity index is 1.44. The zero-order valence-electron chi connectivity index (χ0n) is 19.5. The molecule has 0 aliphatic carbocycles. The average Bonchev–Trinajstić information content (AvgIpc) is 3.62. The van der Waals surface area contributed by atoms with Crippen molar-refractivity contribution in [1.82, 2.24) is 0 Å². The van der Waals surface area contributed by atoms with Gasteiger partial charge in [0.1, 0.15) is 22.3 Å². The van der Waals surface area contributed by atoms with Crippen molar-refractivity contribution in [2.75, 3.05) is 0 Å². The molecule has 0 saturated carbocycles. The Labute approximate surface area is 211 Å². The lowest BCUT2D eigenvalue weighted by Gasteiger charge is -2.04. The van der Waals surface area contributed by atoms with Crippen LogP contribution in [0.4, 0.5) is 0 Å². The molecule has 0 bridgehead atoms. The van der Waals surface area contributed by atoms with Gasteiger partial charge in [-0.25, -0.2) is 0 Å². The Hall–Kier alpha value is -4.34. The van der Waals surface area contributed by atoms with E-state index in [0.717, 1.165) is 43.9 Å². The van der Waals surface area contributed by atoms with Gasteiger partial charge in [-0.3, -0.25) is 0 Å². The minimum atomic E-state index is 0.907. The number of fused-ring (bicyclic) bond motifs is 9. The van der Waals surface area contributed by atoms with E-state index in [-0.39, 0.29) is 0 Å². The van der Waals surface area contributed by atoms with Gasteiger partial charge in [-0.05, 0) is 101 Å². The monoisotopic (exact) mass is 480 g/mol. The molecule has 3 heterocycles. The van der Waals surface area contributed by atoms with E-state index in [9.17, 15) is 0 Å². The second-order valence-electron chi connectivity index (χ2n) is 9.37. The Bertz CT molecular complexity index is 2100. The lowest BCUT2D eigenvalue weighted by atomic mass is 9.97. The number of rotatable bonds is 2. The predicted octanol–water partition coefficient (Wildman–Crippen LogP) is 10.3. The van der Waals surface area contributed by atoms with E-state index in [0.29, 0.717) is 0 Å². The molecule has 0 aliphatic heterocycles. The van der Waals surface area contributed by atoms with Crippen LogP contribution in [0.15, 0.2) is 112 Å². The first-order valence-electron chi connectivity index (χ1n) is 12.1. The SMILES string of the molecule is Cc1ccc(-c2ccc3oc4ccc5c(ccc6oc7ccc(-c8ccccc8)cc7c65)c4c3c2)s1. The Kier molecular flexibility index (Phi) is 4.05. The minimum absolute atomic E-state index is 0.907. The maximum atomic E-state index is 6.29. The van der Waals surface area contributed by atoms with E-state index < -0.39 is 0 Å². The summed E-state index contributed by atoms with van der Waals surface area (Å²) in [7, 11) is 0. The standard InChI is InChI=1S/C33H20O2S/c1-19-7-16-31(36-19)22-9-13-28-26(18-22)33-24-11-14-29-32(23(24)10-15-30(33)35-28)25-17-21(8-12-27(25)34-29)20-5-3-2-4-6-20/h2-18H,1H3. The van der Waals surface area contributed by atoms with Gasteiger partial charge in [-0.1, -0.05) is 36.4 Å². The fourth-order valence-corrected chi connectivity index (χ4v) is 6.37. The first kappa shape index (κ1) is 19.9. The molecule has 0 N–H and O–H groups in total. The quantitative estimate of drug-likeness (QED) is 0.246. The third kappa shape index (κ3) is 2.84. The molecule has 0 amide bonds. The second kappa shape index (κ2) is 7.33. The van der Waals surface area contributed by atoms with Gasteiger partial charge >= 0.3 is 0 Å². The van der Waals surface area contributed by atoms with Crippen LogP contribution in [-0.4, -0.2) is 0 Å². The van der Waals surface area contributed by atoms with Crippen molar-refractivity contribution in [2.24, 2.45) is 0 Å². The highest BCUT2D eigenvalue weighted by atomic mass is 32.1. The van der Waals surface area contributed by atoms with E-state index in [4.69, 9.17) is 8.83 Å². The van der Waals surface area contributed by atoms with Crippen LogP contribution in [0.1, 0.15) is 4.88 Å². The largest absolute Gasteiger partial charge is 0.456 e. The third-order valence-corrected chi connectivity index (χ3v) is 8.24. The molecule has 3 aromatic heterocycles. The fourth-order valence-electron chi connectivity index (χ4n) is 5.51. The Morgan fingerprint density at radius 3 is 1.67 bits per heavy atom. The predicted molar refractivity (Wildman–Crippen MR) is 152 cm³/mol. The van der Waals surface area contributed by atoms with Crippen molar-refractivity contribution in [3.05, 3.63) is 108 Å². The molecule has 0 saturated heterocycles. The zero-order valence-corrected chi connectivity index (χ0v) is 20.4. The highest BCUT2D eigenvalue weighted by Gasteiger charge is 2.17. The Morgan fingerprint density at radius 2 is 1.06 bits per heavy atom. The van der Waals surface area contributed by atoms with Crippen molar-refractivity contribution < 1.29 is 8.83 Å². The molecule has 8 aromatic rings. The van der Waals surface area contributed by atoms with Crippen LogP contribution in [0.5, 0.6) is 0 Å². The van der Waals surface area contributed by atoms with Crippen LogP contribution in [0.2, 0.25) is 0 Å². The van der Waals surface area contributed by atoms with Crippen LogP contribution in [-0.2, 0) is 0 Å². The zero-order chi connectivity index (χ0) is 23.8. The topological polar surface area (TPSA) is 26.3 Å². The lowest BCUT2D eigenvalue weighted by molar-refractivity contribution is 0.668. The number of hydrogen-bond donors (Lipinski definition) is 0. The van der Waals surface area contributed by atoms with Crippen LogP contribution < -0.4 is 0 Å². The molecular formula is C33H20O2S. The van der Waals surface area contributed by atoms with Crippen molar-refractivity contribution in [3.8, 4) is 21.6 Å². The molecule has 2 nitrogen and oxygen atoms in total. The molecule has 0 atom stereocenters. The third-order valence-electron chi connectivity index (χ3n) is 7.19. The summed E-state index contributed by atoms with van der Waals surface area (Å²) >= 11 is 1.82. The summed E-state index contributed by atoms with van der Waals surface area (Å²) in [5, 5.41) is 6.97. The van der Waals surface area contributed by atoms with Crippen molar-refractivity contribution in [3.63, 3.8) is 0 Å². The van der Waals surface area contributed by atoms with Crippen LogP contribution in [0, 0.1) is 6.92 Å². The van der Waals surface area contributed by atoms with E-state index >= 15 is 0 Å². The van der Waals surface area contributed by atoms with Gasteiger partial charge in [0, 0.05) is 31.3 Å². The van der Waals surface area contributed by atoms with Crippen LogP contribution in [0.3, 0.4) is 0 Å². The molecule has 8 rings (SSSR count). The minimum Gasteiger partial charge on any atom is -0.456 e. The van der Waals surface area contributed by atoms with Gasteiger partial charge in [-0.15, -0.1) is 11.3 Å². The molecule has 0 spiro atoms. The fraction of sp³-hybridized carbons (Fsp3) is 0.0303. The van der Waals surface area contributed by atoms with Gasteiger partial charge in [-0.2, -0.15) is 0 Å². The molecule has 0 radical (unpaired) electrons. The van der Waals surface area contributed by atoms with Crippen LogP contribution >= 0.6 is 11.3 Å². The first-order valence-corrected chi connectivity index (χ1v) is 12.9. The molecule has 170 valence electrons. The maximum Gasteiger partial charge on any atom is 0.136 e. The number of furan rings is 2. The van der Waals surface area contributed by atoms with Crippen molar-refractivity contribution in [2.45, 2.75) is 6.92 Å². The van der Waals surface area contributed by atoms with Crippen LogP contribution in [0.25, 0.3) is 76.2 Å². The molecule has 3 heteroatoms. The van der Waals surface area contributed by atoms with Gasteiger partial charge < -0.3 is 8.83 Å². The summed E-state index contributed by atoms with van der Waals surface area (Å²) < 4.78 is 12.6. The van der Waals surface area contributed by atoms with E-state index in [2.05, 4.69) is 104 Å².